The van der Waals surface area contributed by atoms with E-state index in [2.05, 4.69) is 20.9 Å². The molecule has 0 radical (unpaired) electrons. The van der Waals surface area contributed by atoms with Crippen LogP contribution < -0.4 is 5.73 Å². The van der Waals surface area contributed by atoms with Gasteiger partial charge in [0.15, 0.2) is 17.6 Å². The van der Waals surface area contributed by atoms with Gasteiger partial charge in [0, 0.05) is 20.0 Å². The number of ether oxygens (including phenoxy) is 3. The van der Waals surface area contributed by atoms with Crippen LogP contribution in [0.15, 0.2) is 6.33 Å². The molecule has 0 fully saturated rings. The van der Waals surface area contributed by atoms with Crippen LogP contribution in [-0.4, -0.2) is 56.9 Å². The highest BCUT2D eigenvalue weighted by molar-refractivity contribution is 5.81. The second-order valence-electron chi connectivity index (χ2n) is 7.53. The highest BCUT2D eigenvalue weighted by atomic mass is 19.1. The summed E-state index contributed by atoms with van der Waals surface area (Å²) in [6.45, 7) is 3.45. The van der Waals surface area contributed by atoms with Crippen LogP contribution >= 0.6 is 0 Å². The van der Waals surface area contributed by atoms with Crippen LogP contribution in [-0.2, 0) is 30.3 Å². The number of imidazole rings is 1. The number of nitrogens with two attached hydrogens (primary N) is 1. The third-order valence-corrected chi connectivity index (χ3v) is 5.14. The van der Waals surface area contributed by atoms with Gasteiger partial charge in [-0.1, -0.05) is 32.6 Å². The number of hydrogen-bond donors (Lipinski definition) is 1. The second-order valence-corrected chi connectivity index (χ2v) is 7.53. The number of carbonyl (C=O) groups excluding carboxylic acids is 2. The average Bonchev–Trinajstić information content (AvgIpc) is 3.19. The van der Waals surface area contributed by atoms with Gasteiger partial charge < -0.3 is 24.5 Å². The predicted octanol–water partition coefficient (Wildman–Crippen LogP) is 2.40. The Morgan fingerprint density at radius 3 is 2.52 bits per heavy atom. The van der Waals surface area contributed by atoms with Crippen molar-refractivity contribution in [2.45, 2.75) is 70.6 Å². The summed E-state index contributed by atoms with van der Waals surface area (Å²) in [5.74, 6) is 1.40. The molecule has 2 heterocycles. The van der Waals surface area contributed by atoms with Crippen molar-refractivity contribution in [2.24, 2.45) is 0 Å². The monoisotopic (exact) mass is 463 g/mol. The Labute approximate surface area is 192 Å². The Bertz CT molecular complexity index is 1000. The zero-order valence-corrected chi connectivity index (χ0v) is 19.2. The first-order valence-corrected chi connectivity index (χ1v) is 10.8. The van der Waals surface area contributed by atoms with E-state index in [4.69, 9.17) is 26.4 Å². The molecular weight excluding hydrogens is 433 g/mol. The van der Waals surface area contributed by atoms with Gasteiger partial charge in [0.2, 0.25) is 5.60 Å². The van der Waals surface area contributed by atoms with E-state index in [1.807, 2.05) is 13.8 Å². The van der Waals surface area contributed by atoms with Crippen LogP contribution in [0.4, 0.5) is 10.2 Å². The van der Waals surface area contributed by atoms with Crippen LogP contribution in [0.1, 0.15) is 52.4 Å². The summed E-state index contributed by atoms with van der Waals surface area (Å²) in [5, 5.41) is 0. The molecule has 0 bridgehead atoms. The number of nitrogen functional groups attached to an aromatic ring is 1. The Morgan fingerprint density at radius 1 is 1.24 bits per heavy atom. The molecule has 33 heavy (non-hydrogen) atoms. The molecule has 10 nitrogen and oxygen atoms in total. The molecule has 0 aromatic carbocycles. The van der Waals surface area contributed by atoms with E-state index in [0.29, 0.717) is 12.8 Å². The Morgan fingerprint density at radius 2 is 1.91 bits per heavy atom. The Hall–Kier alpha value is -3.26. The number of carbonyl (C=O) groups is 2. The van der Waals surface area contributed by atoms with Crippen LogP contribution in [0, 0.1) is 18.4 Å². The highest BCUT2D eigenvalue weighted by Crippen LogP contribution is 2.24. The molecule has 2 N–H and O–H groups in total. The molecule has 0 saturated heterocycles. The van der Waals surface area contributed by atoms with E-state index >= 15 is 0 Å². The lowest BCUT2D eigenvalue weighted by Gasteiger charge is -2.34. The van der Waals surface area contributed by atoms with Crippen molar-refractivity contribution in [3.8, 4) is 12.3 Å². The predicted molar refractivity (Wildman–Crippen MR) is 118 cm³/mol. The zero-order valence-electron chi connectivity index (χ0n) is 19.2. The minimum absolute atomic E-state index is 0.0940. The SMILES string of the molecule is C#CC(COC(=O)CCCC)(OC)[C@H](Cn1cnc2c(N)nc(F)nc21)OC(=O)CCCC. The molecule has 2 aromatic heterocycles. The fourth-order valence-corrected chi connectivity index (χ4v) is 3.13. The van der Waals surface area contributed by atoms with Gasteiger partial charge in [-0.2, -0.15) is 14.4 Å². The van der Waals surface area contributed by atoms with Crippen LogP contribution in [0.2, 0.25) is 0 Å². The molecular formula is C22H30FN5O5. The molecule has 0 aliphatic carbocycles. The zero-order chi connectivity index (χ0) is 24.4. The van der Waals surface area contributed by atoms with Crippen molar-refractivity contribution in [2.75, 3.05) is 19.5 Å². The summed E-state index contributed by atoms with van der Waals surface area (Å²) < 4.78 is 31.8. The molecule has 1 unspecified atom stereocenters. The quantitative estimate of drug-likeness (QED) is 0.270. The molecule has 11 heteroatoms. The Balaban J connectivity index is 2.37. The maximum atomic E-state index is 13.8. The Kier molecular flexibility index (Phi) is 9.54. The van der Waals surface area contributed by atoms with E-state index in [1.54, 1.807) is 0 Å². The third kappa shape index (κ3) is 6.61. The van der Waals surface area contributed by atoms with Gasteiger partial charge in [-0.3, -0.25) is 9.59 Å². The maximum absolute atomic E-state index is 13.8. The smallest absolute Gasteiger partial charge is 0.312 e. The first-order valence-electron chi connectivity index (χ1n) is 10.8. The first kappa shape index (κ1) is 26.0. The van der Waals surface area contributed by atoms with Crippen LogP contribution in [0.25, 0.3) is 11.2 Å². The summed E-state index contributed by atoms with van der Waals surface area (Å²) in [6.07, 6.45) is 8.30. The normalized spacial score (nSPS) is 13.8. The summed E-state index contributed by atoms with van der Waals surface area (Å²) in [6, 6.07) is 0. The summed E-state index contributed by atoms with van der Waals surface area (Å²) >= 11 is 0. The molecule has 0 spiro atoms. The van der Waals surface area contributed by atoms with Gasteiger partial charge in [-0.15, -0.1) is 6.42 Å². The van der Waals surface area contributed by atoms with E-state index < -0.39 is 29.7 Å². The van der Waals surface area contributed by atoms with Gasteiger partial charge in [0.1, 0.15) is 12.1 Å². The minimum Gasteiger partial charge on any atom is -0.461 e. The minimum atomic E-state index is -1.60. The molecule has 180 valence electrons. The molecule has 0 aliphatic rings. The van der Waals surface area contributed by atoms with Crippen molar-refractivity contribution in [3.05, 3.63) is 12.4 Å². The number of aromatic nitrogens is 4. The number of methoxy groups -OCH3 is 1. The molecule has 0 saturated carbocycles. The van der Waals surface area contributed by atoms with Crippen molar-refractivity contribution < 1.29 is 28.2 Å². The van der Waals surface area contributed by atoms with Gasteiger partial charge in [-0.25, -0.2) is 4.98 Å². The molecule has 0 aliphatic heterocycles. The number of hydrogen-bond acceptors (Lipinski definition) is 9. The van der Waals surface area contributed by atoms with Gasteiger partial charge in [0.05, 0.1) is 12.9 Å². The number of unbranched alkanes of at least 4 members (excludes halogenated alkanes) is 2. The molecule has 2 atom stereocenters. The second kappa shape index (κ2) is 12.1. The number of rotatable bonds is 13. The van der Waals surface area contributed by atoms with E-state index in [0.717, 1.165) is 12.8 Å². The van der Waals surface area contributed by atoms with Crippen molar-refractivity contribution >= 4 is 28.9 Å². The third-order valence-electron chi connectivity index (χ3n) is 5.14. The summed E-state index contributed by atoms with van der Waals surface area (Å²) in [7, 11) is 1.33. The number of nitrogens with zero attached hydrogens (tertiary/aromatic N) is 4. The summed E-state index contributed by atoms with van der Waals surface area (Å²) in [5.41, 5.74) is 4.41. The lowest BCUT2D eigenvalue weighted by Crippen LogP contribution is -2.51. The fourth-order valence-electron chi connectivity index (χ4n) is 3.13. The lowest BCUT2D eigenvalue weighted by molar-refractivity contribution is -0.174. The van der Waals surface area contributed by atoms with Crippen LogP contribution in [0.3, 0.4) is 0 Å². The van der Waals surface area contributed by atoms with Gasteiger partial charge in [0.25, 0.3) is 0 Å². The first-order chi connectivity index (χ1) is 15.8. The number of esters is 2. The van der Waals surface area contributed by atoms with E-state index in [1.165, 1.54) is 18.0 Å². The summed E-state index contributed by atoms with van der Waals surface area (Å²) in [4.78, 5) is 35.9. The number of halogens is 1. The van der Waals surface area contributed by atoms with E-state index in [9.17, 15) is 14.0 Å². The standard InChI is InChI=1S/C22H30FN5O5/c1-5-8-10-16(29)32-13-22(7-3,31-4)15(33-17(30)11-9-6-2)12-28-14-25-18-19(24)26-21(23)27-20(18)28/h3,14-15H,5-6,8-13H2,1-2,4H3,(H2,24,26,27)/t15-,22?/m0/s1. The fraction of sp³-hybridized carbons (Fsp3) is 0.591. The highest BCUT2D eigenvalue weighted by Gasteiger charge is 2.42. The number of fused-ring (bicyclic) bond motifs is 1. The lowest BCUT2D eigenvalue weighted by atomic mass is 9.97. The van der Waals surface area contributed by atoms with Crippen molar-refractivity contribution in [1.82, 2.24) is 19.5 Å². The number of terminal acetylenes is 1. The molecule has 0 amide bonds. The van der Waals surface area contributed by atoms with Crippen molar-refractivity contribution in [3.63, 3.8) is 0 Å². The van der Waals surface area contributed by atoms with Gasteiger partial charge in [-0.05, 0) is 12.8 Å². The van der Waals surface area contributed by atoms with Crippen molar-refractivity contribution in [1.29, 1.82) is 0 Å². The molecule has 2 rings (SSSR count). The average molecular weight is 464 g/mol. The number of anilines is 1. The van der Waals surface area contributed by atoms with Crippen LogP contribution in [0.5, 0.6) is 0 Å². The van der Waals surface area contributed by atoms with Gasteiger partial charge >= 0.3 is 18.0 Å². The largest absolute Gasteiger partial charge is 0.461 e. The molecule has 2 aromatic rings. The maximum Gasteiger partial charge on any atom is 0.312 e. The topological polar surface area (TPSA) is 131 Å². The van der Waals surface area contributed by atoms with E-state index in [-0.39, 0.29) is 43.0 Å².